The molecule has 1 aromatic carbocycles. The Balaban J connectivity index is 2.24. The minimum absolute atomic E-state index is 0.712. The maximum atomic E-state index is 4.45. The molecular weight excluding hydrogens is 188 g/mol. The van der Waals surface area contributed by atoms with Crippen LogP contribution in [0.25, 0.3) is 17.0 Å². The van der Waals surface area contributed by atoms with E-state index in [9.17, 15) is 0 Å². The van der Waals surface area contributed by atoms with Gasteiger partial charge in [0.1, 0.15) is 0 Å². The second kappa shape index (κ2) is 2.95. The second-order valence-corrected chi connectivity index (χ2v) is 3.42. The van der Waals surface area contributed by atoms with Crippen LogP contribution < -0.4 is 9.67 Å². The van der Waals surface area contributed by atoms with Crippen molar-refractivity contribution in [2.45, 2.75) is 0 Å². The van der Waals surface area contributed by atoms with E-state index >= 15 is 0 Å². The summed E-state index contributed by atoms with van der Waals surface area (Å²) in [4.78, 5) is 8.89. The molecule has 2 heterocycles. The number of para-hydroxylation sites is 2. The van der Waals surface area contributed by atoms with E-state index < -0.39 is 0 Å². The van der Waals surface area contributed by atoms with Gasteiger partial charge in [0.2, 0.25) is 0 Å². The van der Waals surface area contributed by atoms with Crippen LogP contribution in [-0.4, -0.2) is 9.67 Å². The second-order valence-electron chi connectivity index (χ2n) is 3.42. The highest BCUT2D eigenvalue weighted by molar-refractivity contribution is 5.75. The van der Waals surface area contributed by atoms with Crippen LogP contribution >= 0.6 is 0 Å². The molecule has 2 aromatic heterocycles. The number of fused-ring (bicyclic) bond motifs is 1. The van der Waals surface area contributed by atoms with E-state index in [-0.39, 0.29) is 0 Å². The molecule has 0 aliphatic rings. The lowest BCUT2D eigenvalue weighted by molar-refractivity contribution is -0.744. The predicted octanol–water partition coefficient (Wildman–Crippen LogP) is 0.807. The van der Waals surface area contributed by atoms with E-state index in [4.69, 9.17) is 0 Å². The van der Waals surface area contributed by atoms with E-state index in [0.717, 1.165) is 11.0 Å². The molecule has 0 aliphatic carbocycles. The highest BCUT2D eigenvalue weighted by Gasteiger charge is 2.00. The van der Waals surface area contributed by atoms with Crippen molar-refractivity contribution in [2.24, 2.45) is 7.05 Å². The molecular formula is C11H10N4. The zero-order valence-corrected chi connectivity index (χ0v) is 8.33. The minimum atomic E-state index is 0.712. The van der Waals surface area contributed by atoms with Crippen LogP contribution in [0.15, 0.2) is 42.7 Å². The predicted molar refractivity (Wildman–Crippen MR) is 55.6 cm³/mol. The van der Waals surface area contributed by atoms with Crippen LogP contribution in [0.4, 0.5) is 0 Å². The van der Waals surface area contributed by atoms with Gasteiger partial charge in [-0.1, -0.05) is 24.3 Å². The molecule has 0 radical (unpaired) electrons. The Morgan fingerprint density at radius 2 is 2.13 bits per heavy atom. The van der Waals surface area contributed by atoms with Gasteiger partial charge in [-0.15, -0.1) is 0 Å². The normalized spacial score (nSPS) is 11.0. The van der Waals surface area contributed by atoms with Gasteiger partial charge in [-0.05, 0) is 0 Å². The Hall–Kier alpha value is -2.10. The molecule has 0 spiro atoms. The van der Waals surface area contributed by atoms with Crippen LogP contribution in [0.3, 0.4) is 0 Å². The van der Waals surface area contributed by atoms with Crippen molar-refractivity contribution in [3.05, 3.63) is 42.7 Å². The first-order valence-electron chi connectivity index (χ1n) is 4.78. The third-order valence-electron chi connectivity index (χ3n) is 2.40. The van der Waals surface area contributed by atoms with Gasteiger partial charge < -0.3 is 9.97 Å². The molecule has 4 nitrogen and oxygen atoms in total. The van der Waals surface area contributed by atoms with E-state index in [1.54, 1.807) is 0 Å². The van der Waals surface area contributed by atoms with Crippen LogP contribution in [0, 0.1) is 0 Å². The quantitative estimate of drug-likeness (QED) is 0.542. The Morgan fingerprint density at radius 3 is 2.87 bits per heavy atom. The summed E-state index contributed by atoms with van der Waals surface area (Å²) in [6.07, 6.45) is 3.90. The Labute approximate surface area is 86.8 Å². The number of hydrogen-bond acceptors (Lipinski definition) is 1. The largest absolute Gasteiger partial charge is 0.354 e. The minimum Gasteiger partial charge on any atom is -0.354 e. The maximum absolute atomic E-state index is 4.45. The molecule has 3 rings (SSSR count). The topological polar surface area (TPSA) is 35.8 Å². The van der Waals surface area contributed by atoms with E-state index in [2.05, 4.69) is 9.97 Å². The number of benzene rings is 1. The molecule has 0 bridgehead atoms. The van der Waals surface area contributed by atoms with Crippen molar-refractivity contribution in [3.63, 3.8) is 0 Å². The fraction of sp³-hybridized carbons (Fsp3) is 0.0909. The molecule has 0 fully saturated rings. The summed E-state index contributed by atoms with van der Waals surface area (Å²) in [5.74, 6) is 0.712. The molecule has 4 heteroatoms. The number of rotatable bonds is 1. The lowest BCUT2D eigenvalue weighted by Gasteiger charge is -2.01. The number of imidazole rings is 1. The summed E-state index contributed by atoms with van der Waals surface area (Å²) >= 11 is 0. The number of nitrogens with zero attached hydrogens (tertiary/aromatic N) is 4. The molecule has 0 saturated carbocycles. The van der Waals surface area contributed by atoms with Crippen LogP contribution in [-0.2, 0) is 7.05 Å². The number of hydrogen-bond donors (Lipinski definition) is 0. The van der Waals surface area contributed by atoms with E-state index in [1.165, 1.54) is 0 Å². The lowest BCUT2D eigenvalue weighted by Crippen LogP contribution is -2.37. The van der Waals surface area contributed by atoms with Gasteiger partial charge >= 0.3 is 0 Å². The molecule has 0 saturated heterocycles. The zero-order valence-electron chi connectivity index (χ0n) is 8.33. The van der Waals surface area contributed by atoms with Crippen LogP contribution in [0.5, 0.6) is 0 Å². The summed E-state index contributed by atoms with van der Waals surface area (Å²) in [5.41, 5.74) is 1.86. The zero-order chi connectivity index (χ0) is 10.3. The van der Waals surface area contributed by atoms with Crippen molar-refractivity contribution >= 4 is 11.0 Å². The molecule has 0 amide bonds. The van der Waals surface area contributed by atoms with Crippen molar-refractivity contribution in [3.8, 4) is 5.95 Å². The molecule has 0 N–H and O–H groups in total. The lowest BCUT2D eigenvalue weighted by atomic mass is 10.3. The summed E-state index contributed by atoms with van der Waals surface area (Å²) in [7, 11) is 1.96. The monoisotopic (exact) mass is 198 g/mol. The fourth-order valence-corrected chi connectivity index (χ4v) is 1.63. The fourth-order valence-electron chi connectivity index (χ4n) is 1.63. The van der Waals surface area contributed by atoms with Crippen molar-refractivity contribution in [1.29, 1.82) is 0 Å². The first-order chi connectivity index (χ1) is 7.34. The van der Waals surface area contributed by atoms with Gasteiger partial charge in [0, 0.05) is 23.3 Å². The molecule has 0 unspecified atom stereocenters. The molecule has 0 aliphatic heterocycles. The Bertz CT molecular complexity index is 573. The third-order valence-corrected chi connectivity index (χ3v) is 2.40. The van der Waals surface area contributed by atoms with Gasteiger partial charge in [0.25, 0.3) is 0 Å². The summed E-state index contributed by atoms with van der Waals surface area (Å²) in [5, 5.41) is 0. The highest BCUT2D eigenvalue weighted by Crippen LogP contribution is 2.10. The van der Waals surface area contributed by atoms with Gasteiger partial charge in [-0.3, -0.25) is 0 Å². The smallest absolute Gasteiger partial charge is 0.182 e. The van der Waals surface area contributed by atoms with Gasteiger partial charge in [-0.25, -0.2) is 0 Å². The van der Waals surface area contributed by atoms with E-state index in [1.807, 2.05) is 59.1 Å². The first-order valence-corrected chi connectivity index (χ1v) is 4.78. The van der Waals surface area contributed by atoms with Crippen molar-refractivity contribution in [2.75, 3.05) is 0 Å². The third kappa shape index (κ3) is 1.22. The SMILES string of the molecule is C[n+]1cccn1-c1nc2ccccc2[n-]1. The van der Waals surface area contributed by atoms with Crippen molar-refractivity contribution < 1.29 is 4.68 Å². The van der Waals surface area contributed by atoms with Gasteiger partial charge in [0.15, 0.2) is 13.2 Å². The number of aromatic nitrogens is 4. The Kier molecular flexibility index (Phi) is 1.62. The van der Waals surface area contributed by atoms with E-state index in [0.29, 0.717) is 5.95 Å². The molecule has 74 valence electrons. The summed E-state index contributed by atoms with van der Waals surface area (Å²) in [6, 6.07) is 9.83. The van der Waals surface area contributed by atoms with Gasteiger partial charge in [-0.2, -0.15) is 9.36 Å². The standard InChI is InChI=1S/C11H10N4/c1-14-7-4-8-15(14)11-12-9-5-2-3-6-10(9)13-11/h2-8H,1H3. The van der Waals surface area contributed by atoms with Gasteiger partial charge in [0.05, 0.1) is 5.95 Å². The first kappa shape index (κ1) is 8.23. The Morgan fingerprint density at radius 1 is 1.27 bits per heavy atom. The molecule has 15 heavy (non-hydrogen) atoms. The average molecular weight is 198 g/mol. The van der Waals surface area contributed by atoms with Crippen LogP contribution in [0.2, 0.25) is 0 Å². The van der Waals surface area contributed by atoms with Crippen molar-refractivity contribution in [1.82, 2.24) is 14.6 Å². The molecule has 0 atom stereocenters. The summed E-state index contributed by atoms with van der Waals surface area (Å²) < 4.78 is 3.84. The number of aryl methyl sites for hydroxylation is 1. The summed E-state index contributed by atoms with van der Waals surface area (Å²) in [6.45, 7) is 0. The van der Waals surface area contributed by atoms with Crippen LogP contribution in [0.1, 0.15) is 0 Å². The molecule has 3 aromatic rings. The highest BCUT2D eigenvalue weighted by atomic mass is 15.4. The average Bonchev–Trinajstić information content (AvgIpc) is 2.82. The maximum Gasteiger partial charge on any atom is 0.182 e.